The van der Waals surface area contributed by atoms with E-state index in [4.69, 9.17) is 9.47 Å². The van der Waals surface area contributed by atoms with Crippen molar-refractivity contribution in [2.75, 3.05) is 38.3 Å². The summed E-state index contributed by atoms with van der Waals surface area (Å²) in [4.78, 5) is 12.9. The molecule has 1 fully saturated rings. The van der Waals surface area contributed by atoms with Gasteiger partial charge in [-0.15, -0.1) is 0 Å². The van der Waals surface area contributed by atoms with E-state index in [-0.39, 0.29) is 5.69 Å². The highest BCUT2D eigenvalue weighted by atomic mass is 16.6. The zero-order valence-electron chi connectivity index (χ0n) is 15.1. The van der Waals surface area contributed by atoms with Gasteiger partial charge in [-0.1, -0.05) is 18.2 Å². The highest BCUT2D eigenvalue weighted by Gasteiger charge is 2.17. The Morgan fingerprint density at radius 1 is 1.30 bits per heavy atom. The quantitative estimate of drug-likeness (QED) is 0.458. The van der Waals surface area contributed by atoms with Crippen LogP contribution in [0.1, 0.15) is 11.1 Å². The molecular weight excluding hydrogens is 348 g/mol. The zero-order chi connectivity index (χ0) is 19.1. The number of anilines is 1. The molecule has 0 aliphatic carbocycles. The van der Waals surface area contributed by atoms with Crippen LogP contribution in [0, 0.1) is 10.1 Å². The number of ether oxygens (including phenoxy) is 2. The van der Waals surface area contributed by atoms with Crippen LogP contribution in [0.3, 0.4) is 0 Å². The van der Waals surface area contributed by atoms with E-state index in [0.717, 1.165) is 30.1 Å². The second-order valence-corrected chi connectivity index (χ2v) is 6.00. The van der Waals surface area contributed by atoms with Gasteiger partial charge in [0.15, 0.2) is 0 Å². The lowest BCUT2D eigenvalue weighted by atomic mass is 10.1. The minimum Gasteiger partial charge on any atom is -0.496 e. The average Bonchev–Trinajstić information content (AvgIpc) is 2.72. The third-order valence-corrected chi connectivity index (χ3v) is 4.33. The number of benzene rings is 2. The molecule has 8 nitrogen and oxygen atoms in total. The van der Waals surface area contributed by atoms with Crippen LogP contribution in [0.25, 0.3) is 0 Å². The maximum Gasteiger partial charge on any atom is 0.270 e. The Morgan fingerprint density at radius 3 is 2.81 bits per heavy atom. The smallest absolute Gasteiger partial charge is 0.270 e. The summed E-state index contributed by atoms with van der Waals surface area (Å²) in [5.41, 5.74) is 5.60. The maximum absolute atomic E-state index is 11.1. The minimum atomic E-state index is -0.400. The minimum absolute atomic E-state index is 0.0400. The molecule has 1 aliphatic heterocycles. The molecule has 1 heterocycles. The van der Waals surface area contributed by atoms with Crippen LogP contribution in [0.15, 0.2) is 47.6 Å². The third kappa shape index (κ3) is 4.73. The Hall–Kier alpha value is -3.13. The van der Waals surface area contributed by atoms with Crippen molar-refractivity contribution in [3.8, 4) is 5.75 Å². The molecule has 0 unspecified atom stereocenters. The maximum atomic E-state index is 11.1. The molecule has 0 bridgehead atoms. The monoisotopic (exact) mass is 370 g/mol. The van der Waals surface area contributed by atoms with Crippen LogP contribution in [0.2, 0.25) is 0 Å². The molecular formula is C19H22N4O4. The van der Waals surface area contributed by atoms with E-state index in [2.05, 4.69) is 15.4 Å². The predicted molar refractivity (Wildman–Crippen MR) is 104 cm³/mol. The molecule has 0 aromatic heterocycles. The summed E-state index contributed by atoms with van der Waals surface area (Å²) in [5, 5.41) is 15.4. The topological polar surface area (TPSA) is 89.2 Å². The third-order valence-electron chi connectivity index (χ3n) is 4.33. The average molecular weight is 370 g/mol. The molecule has 27 heavy (non-hydrogen) atoms. The standard InChI is InChI=1S/C19H22N4O4/c1-26-19-5-3-2-4-15(19)13-20-21-14-16-12-17(23(24)25)6-7-18(16)22-8-10-27-11-9-22/h2-7,12,14,20H,8-11,13H2,1H3/b21-14+. The second-order valence-electron chi connectivity index (χ2n) is 6.00. The van der Waals surface area contributed by atoms with Crippen molar-refractivity contribution in [2.24, 2.45) is 5.10 Å². The highest BCUT2D eigenvalue weighted by molar-refractivity contribution is 5.89. The van der Waals surface area contributed by atoms with Crippen LogP contribution in [-0.4, -0.2) is 44.6 Å². The first-order valence-corrected chi connectivity index (χ1v) is 8.68. The van der Waals surface area contributed by atoms with E-state index in [0.29, 0.717) is 25.3 Å². The number of rotatable bonds is 7. The van der Waals surface area contributed by atoms with Gasteiger partial charge in [-0.3, -0.25) is 10.1 Å². The van der Waals surface area contributed by atoms with Gasteiger partial charge in [-0.2, -0.15) is 5.10 Å². The number of nitrogens with one attached hydrogen (secondary N) is 1. The lowest BCUT2D eigenvalue weighted by Crippen LogP contribution is -2.36. The second kappa shape index (κ2) is 9.00. The van der Waals surface area contributed by atoms with Crippen LogP contribution in [-0.2, 0) is 11.3 Å². The fraction of sp³-hybridized carbons (Fsp3) is 0.316. The number of morpholine rings is 1. The fourth-order valence-corrected chi connectivity index (χ4v) is 2.95. The number of methoxy groups -OCH3 is 1. The summed E-state index contributed by atoms with van der Waals surface area (Å²) in [6, 6.07) is 12.5. The summed E-state index contributed by atoms with van der Waals surface area (Å²) in [6.45, 7) is 3.25. The lowest BCUT2D eigenvalue weighted by Gasteiger charge is -2.29. The largest absolute Gasteiger partial charge is 0.496 e. The molecule has 2 aromatic carbocycles. The van der Waals surface area contributed by atoms with Crippen molar-refractivity contribution < 1.29 is 14.4 Å². The molecule has 1 N–H and O–H groups in total. The predicted octanol–water partition coefficient (Wildman–Crippen LogP) is 2.56. The molecule has 142 valence electrons. The van der Waals surface area contributed by atoms with Crippen molar-refractivity contribution >= 4 is 17.6 Å². The van der Waals surface area contributed by atoms with Gasteiger partial charge in [0.1, 0.15) is 5.75 Å². The normalized spacial score (nSPS) is 14.3. The number of para-hydroxylation sites is 1. The molecule has 1 aliphatic rings. The molecule has 0 radical (unpaired) electrons. The van der Waals surface area contributed by atoms with E-state index in [1.807, 2.05) is 24.3 Å². The number of non-ortho nitro benzene ring substituents is 1. The van der Waals surface area contributed by atoms with E-state index in [1.54, 1.807) is 25.5 Å². The van der Waals surface area contributed by atoms with Crippen molar-refractivity contribution in [1.82, 2.24) is 5.43 Å². The van der Waals surface area contributed by atoms with E-state index >= 15 is 0 Å². The van der Waals surface area contributed by atoms with Gasteiger partial charge in [0.25, 0.3) is 5.69 Å². The SMILES string of the molecule is COc1ccccc1CN/N=C/c1cc([N+](=O)[O-])ccc1N1CCOCC1. The first-order valence-electron chi connectivity index (χ1n) is 8.68. The van der Waals surface area contributed by atoms with Crippen LogP contribution >= 0.6 is 0 Å². The molecule has 0 atom stereocenters. The lowest BCUT2D eigenvalue weighted by molar-refractivity contribution is -0.384. The molecule has 0 spiro atoms. The molecule has 8 heteroatoms. The first kappa shape index (κ1) is 18.7. The Labute approximate surface area is 157 Å². The Kier molecular flexibility index (Phi) is 6.22. The number of nitrogens with zero attached hydrogens (tertiary/aromatic N) is 3. The summed E-state index contributed by atoms with van der Waals surface area (Å²) >= 11 is 0. The van der Waals surface area contributed by atoms with Gasteiger partial charge in [0.2, 0.25) is 0 Å². The number of hydrogen-bond acceptors (Lipinski definition) is 7. The molecule has 2 aromatic rings. The van der Waals surface area contributed by atoms with Crippen molar-refractivity contribution in [3.63, 3.8) is 0 Å². The Bertz CT molecular complexity index is 819. The Morgan fingerprint density at radius 2 is 2.07 bits per heavy atom. The van der Waals surface area contributed by atoms with E-state index in [9.17, 15) is 10.1 Å². The van der Waals surface area contributed by atoms with Crippen LogP contribution in [0.4, 0.5) is 11.4 Å². The Balaban J connectivity index is 1.76. The van der Waals surface area contributed by atoms with Gasteiger partial charge >= 0.3 is 0 Å². The van der Waals surface area contributed by atoms with Gasteiger partial charge in [-0.05, 0) is 12.1 Å². The fourth-order valence-electron chi connectivity index (χ4n) is 2.95. The van der Waals surface area contributed by atoms with Gasteiger partial charge < -0.3 is 19.8 Å². The number of hydrogen-bond donors (Lipinski definition) is 1. The molecule has 1 saturated heterocycles. The van der Waals surface area contributed by atoms with Crippen LogP contribution < -0.4 is 15.1 Å². The molecule has 3 rings (SSSR count). The van der Waals surface area contributed by atoms with Gasteiger partial charge in [-0.25, -0.2) is 0 Å². The van der Waals surface area contributed by atoms with E-state index < -0.39 is 4.92 Å². The zero-order valence-corrected chi connectivity index (χ0v) is 15.1. The summed E-state index contributed by atoms with van der Waals surface area (Å²) < 4.78 is 10.7. The van der Waals surface area contributed by atoms with E-state index in [1.165, 1.54) is 6.07 Å². The van der Waals surface area contributed by atoms with Crippen molar-refractivity contribution in [2.45, 2.75) is 6.54 Å². The van der Waals surface area contributed by atoms with Crippen LogP contribution in [0.5, 0.6) is 5.75 Å². The number of nitro benzene ring substituents is 1. The highest BCUT2D eigenvalue weighted by Crippen LogP contribution is 2.25. The summed E-state index contributed by atoms with van der Waals surface area (Å²) in [5.74, 6) is 0.782. The summed E-state index contributed by atoms with van der Waals surface area (Å²) in [7, 11) is 1.62. The summed E-state index contributed by atoms with van der Waals surface area (Å²) in [6.07, 6.45) is 1.62. The van der Waals surface area contributed by atoms with Crippen molar-refractivity contribution in [3.05, 3.63) is 63.7 Å². The number of nitro groups is 1. The first-order chi connectivity index (χ1) is 13.2. The number of hydrazone groups is 1. The van der Waals surface area contributed by atoms with Gasteiger partial charge in [0, 0.05) is 42.0 Å². The molecule has 0 saturated carbocycles. The van der Waals surface area contributed by atoms with Gasteiger partial charge in [0.05, 0.1) is 38.0 Å². The van der Waals surface area contributed by atoms with Crippen molar-refractivity contribution in [1.29, 1.82) is 0 Å². The molecule has 0 amide bonds.